The molecule has 0 saturated heterocycles. The fourth-order valence-corrected chi connectivity index (χ4v) is 3.78. The Morgan fingerprint density at radius 3 is 2.77 bits per heavy atom. The van der Waals surface area contributed by atoms with Crippen LogP contribution in [0.4, 0.5) is 5.69 Å². The van der Waals surface area contributed by atoms with Gasteiger partial charge in [-0.05, 0) is 37.0 Å². The Labute approximate surface area is 155 Å². The van der Waals surface area contributed by atoms with E-state index in [4.69, 9.17) is 10.5 Å². The number of carbonyl (C=O) groups excluding carboxylic acids is 2. The Morgan fingerprint density at radius 1 is 1.35 bits per heavy atom. The molecule has 26 heavy (non-hydrogen) atoms. The van der Waals surface area contributed by atoms with Gasteiger partial charge in [0.1, 0.15) is 12.3 Å². The van der Waals surface area contributed by atoms with Gasteiger partial charge in [0.15, 0.2) is 6.61 Å². The highest BCUT2D eigenvalue weighted by atomic mass is 16.5. The van der Waals surface area contributed by atoms with E-state index >= 15 is 0 Å². The van der Waals surface area contributed by atoms with Gasteiger partial charge in [-0.1, -0.05) is 32.3 Å². The zero-order valence-corrected chi connectivity index (χ0v) is 15.7. The van der Waals surface area contributed by atoms with Gasteiger partial charge < -0.3 is 15.4 Å². The summed E-state index contributed by atoms with van der Waals surface area (Å²) in [4.78, 5) is 28.6. The van der Waals surface area contributed by atoms with Crippen molar-refractivity contribution < 1.29 is 14.3 Å². The first-order valence-electron chi connectivity index (χ1n) is 9.59. The van der Waals surface area contributed by atoms with E-state index in [2.05, 4.69) is 0 Å². The van der Waals surface area contributed by atoms with Crippen LogP contribution in [0.15, 0.2) is 18.2 Å². The van der Waals surface area contributed by atoms with Gasteiger partial charge in [0.25, 0.3) is 5.91 Å². The van der Waals surface area contributed by atoms with E-state index in [-0.39, 0.29) is 37.0 Å². The summed E-state index contributed by atoms with van der Waals surface area (Å²) in [5, 5.41) is 0. The largest absolute Gasteiger partial charge is 0.482 e. The van der Waals surface area contributed by atoms with Gasteiger partial charge in [0, 0.05) is 19.1 Å². The highest BCUT2D eigenvalue weighted by Gasteiger charge is 2.30. The van der Waals surface area contributed by atoms with Crippen LogP contribution in [-0.2, 0) is 9.59 Å². The van der Waals surface area contributed by atoms with E-state index in [0.29, 0.717) is 11.4 Å². The molecular weight excluding hydrogens is 330 g/mol. The molecule has 2 N–H and O–H groups in total. The molecule has 2 amide bonds. The van der Waals surface area contributed by atoms with Crippen LogP contribution in [0.5, 0.6) is 5.75 Å². The Hall–Kier alpha value is -2.08. The SMILES string of the molecule is CCC(N)c1ccc2c(c1)N(CC(=O)N(C)C1CCCCC1)C(=O)CO2. The molecule has 0 aromatic heterocycles. The number of carbonyl (C=O) groups is 2. The zero-order valence-electron chi connectivity index (χ0n) is 15.7. The molecule has 1 aromatic rings. The van der Waals surface area contributed by atoms with E-state index in [1.54, 1.807) is 4.90 Å². The number of rotatable bonds is 5. The number of nitrogens with two attached hydrogens (primary N) is 1. The second kappa shape index (κ2) is 8.08. The van der Waals surface area contributed by atoms with E-state index < -0.39 is 0 Å². The van der Waals surface area contributed by atoms with Crippen molar-refractivity contribution in [2.24, 2.45) is 5.73 Å². The van der Waals surface area contributed by atoms with E-state index in [1.807, 2.05) is 37.1 Å². The van der Waals surface area contributed by atoms with E-state index in [0.717, 1.165) is 24.8 Å². The summed E-state index contributed by atoms with van der Waals surface area (Å²) in [6, 6.07) is 5.84. The summed E-state index contributed by atoms with van der Waals surface area (Å²) < 4.78 is 5.54. The van der Waals surface area contributed by atoms with Crippen molar-refractivity contribution in [3.63, 3.8) is 0 Å². The fourth-order valence-electron chi connectivity index (χ4n) is 3.78. The first-order chi connectivity index (χ1) is 12.5. The summed E-state index contributed by atoms with van der Waals surface area (Å²) in [6.07, 6.45) is 6.47. The minimum absolute atomic E-state index is 0.0247. The van der Waals surface area contributed by atoms with Gasteiger partial charge in [0.05, 0.1) is 5.69 Å². The zero-order chi connectivity index (χ0) is 18.7. The van der Waals surface area contributed by atoms with Crippen LogP contribution in [0, 0.1) is 0 Å². The summed E-state index contributed by atoms with van der Waals surface area (Å²) in [7, 11) is 1.85. The molecular formula is C20H29N3O3. The third-order valence-electron chi connectivity index (χ3n) is 5.60. The van der Waals surface area contributed by atoms with Crippen molar-refractivity contribution >= 4 is 17.5 Å². The number of nitrogens with zero attached hydrogens (tertiary/aromatic N) is 2. The van der Waals surface area contributed by atoms with E-state index in [1.165, 1.54) is 19.3 Å². The molecule has 3 rings (SSSR count). The maximum absolute atomic E-state index is 12.8. The number of amides is 2. The fraction of sp³-hybridized carbons (Fsp3) is 0.600. The van der Waals surface area contributed by atoms with Gasteiger partial charge in [-0.2, -0.15) is 0 Å². The van der Waals surface area contributed by atoms with Crippen molar-refractivity contribution in [1.82, 2.24) is 4.90 Å². The van der Waals surface area contributed by atoms with Gasteiger partial charge >= 0.3 is 0 Å². The number of anilines is 1. The Morgan fingerprint density at radius 2 is 2.08 bits per heavy atom. The second-order valence-electron chi connectivity index (χ2n) is 7.31. The van der Waals surface area contributed by atoms with Crippen LogP contribution < -0.4 is 15.4 Å². The van der Waals surface area contributed by atoms with Crippen molar-refractivity contribution in [3.8, 4) is 5.75 Å². The normalized spacial score (nSPS) is 18.9. The van der Waals surface area contributed by atoms with Crippen LogP contribution in [0.25, 0.3) is 0 Å². The lowest BCUT2D eigenvalue weighted by molar-refractivity contribution is -0.133. The smallest absolute Gasteiger partial charge is 0.265 e. The standard InChI is InChI=1S/C20H29N3O3/c1-3-16(21)14-9-10-18-17(11-14)23(20(25)13-26-18)12-19(24)22(2)15-7-5-4-6-8-15/h9-11,15-16H,3-8,12-13,21H2,1-2H3. The van der Waals surface area contributed by atoms with Gasteiger partial charge in [-0.25, -0.2) is 0 Å². The molecule has 2 aliphatic rings. The van der Waals surface area contributed by atoms with Crippen LogP contribution in [0.3, 0.4) is 0 Å². The lowest BCUT2D eigenvalue weighted by Crippen LogP contribution is -2.48. The molecule has 1 unspecified atom stereocenters. The number of hydrogen-bond acceptors (Lipinski definition) is 4. The summed E-state index contributed by atoms with van der Waals surface area (Å²) in [5.41, 5.74) is 7.73. The number of fused-ring (bicyclic) bond motifs is 1. The topological polar surface area (TPSA) is 75.9 Å². The minimum Gasteiger partial charge on any atom is -0.482 e. The lowest BCUT2D eigenvalue weighted by atomic mass is 9.94. The minimum atomic E-state index is -0.190. The molecule has 1 aromatic carbocycles. The molecule has 0 bridgehead atoms. The average Bonchev–Trinajstić information content (AvgIpc) is 2.69. The quantitative estimate of drug-likeness (QED) is 0.877. The maximum atomic E-state index is 12.8. The summed E-state index contributed by atoms with van der Waals surface area (Å²) in [5.74, 6) is 0.415. The molecule has 1 atom stereocenters. The van der Waals surface area contributed by atoms with Crippen LogP contribution in [0.1, 0.15) is 57.1 Å². The lowest BCUT2D eigenvalue weighted by Gasteiger charge is -2.34. The van der Waals surface area contributed by atoms with Crippen molar-refractivity contribution in [1.29, 1.82) is 0 Å². The predicted octanol–water partition coefficient (Wildman–Crippen LogP) is 2.61. The number of hydrogen-bond donors (Lipinski definition) is 1. The summed E-state index contributed by atoms with van der Waals surface area (Å²) >= 11 is 0. The molecule has 1 heterocycles. The second-order valence-corrected chi connectivity index (χ2v) is 7.31. The maximum Gasteiger partial charge on any atom is 0.265 e. The number of benzene rings is 1. The van der Waals surface area contributed by atoms with E-state index in [9.17, 15) is 9.59 Å². The van der Waals surface area contributed by atoms with Crippen LogP contribution >= 0.6 is 0 Å². The first-order valence-corrected chi connectivity index (χ1v) is 9.59. The Kier molecular flexibility index (Phi) is 5.81. The molecule has 6 nitrogen and oxygen atoms in total. The number of likely N-dealkylation sites (N-methyl/N-ethyl adjacent to an activating group) is 1. The third kappa shape index (κ3) is 3.85. The van der Waals surface area contributed by atoms with Gasteiger partial charge in [-0.3, -0.25) is 14.5 Å². The average molecular weight is 359 g/mol. The number of ether oxygens (including phenoxy) is 1. The van der Waals surface area contributed by atoms with Crippen molar-refractivity contribution in [2.75, 3.05) is 25.1 Å². The highest BCUT2D eigenvalue weighted by molar-refractivity contribution is 6.02. The molecule has 1 fully saturated rings. The van der Waals surface area contributed by atoms with Crippen LogP contribution in [-0.4, -0.2) is 43.0 Å². The Bertz CT molecular complexity index is 670. The van der Waals surface area contributed by atoms with Crippen molar-refractivity contribution in [2.45, 2.75) is 57.5 Å². The molecule has 6 heteroatoms. The molecule has 0 radical (unpaired) electrons. The summed E-state index contributed by atoms with van der Waals surface area (Å²) in [6.45, 7) is 2.03. The molecule has 0 spiro atoms. The van der Waals surface area contributed by atoms with Crippen molar-refractivity contribution in [3.05, 3.63) is 23.8 Å². The highest BCUT2D eigenvalue weighted by Crippen LogP contribution is 2.34. The predicted molar refractivity (Wildman–Crippen MR) is 101 cm³/mol. The molecule has 1 aliphatic heterocycles. The molecule has 142 valence electrons. The monoisotopic (exact) mass is 359 g/mol. The van der Waals surface area contributed by atoms with Gasteiger partial charge in [0.2, 0.25) is 5.91 Å². The van der Waals surface area contributed by atoms with Gasteiger partial charge in [-0.15, -0.1) is 0 Å². The first kappa shape index (κ1) is 18.7. The van der Waals surface area contributed by atoms with Crippen LogP contribution in [0.2, 0.25) is 0 Å². The third-order valence-corrected chi connectivity index (χ3v) is 5.60. The molecule has 1 saturated carbocycles. The molecule has 1 aliphatic carbocycles. The Balaban J connectivity index is 1.79.